The molecule has 1 aliphatic heterocycles. The largest absolute Gasteiger partial charge is 0.294 e. The maximum absolute atomic E-state index is 11.4. The number of aromatic nitrogens is 2. The Hall–Kier alpha value is -0.560. The van der Waals surface area contributed by atoms with Crippen molar-refractivity contribution in [1.82, 2.24) is 14.9 Å². The molecule has 0 N–H and O–H groups in total. The molecule has 0 amide bonds. The molecule has 0 aliphatic carbocycles. The van der Waals surface area contributed by atoms with Crippen LogP contribution in [0.4, 0.5) is 0 Å². The van der Waals surface area contributed by atoms with E-state index in [2.05, 4.69) is 28.7 Å². The average Bonchev–Trinajstić information content (AvgIpc) is 2.68. The van der Waals surface area contributed by atoms with Crippen molar-refractivity contribution >= 4 is 44.0 Å². The fourth-order valence-corrected chi connectivity index (χ4v) is 4.91. The lowest BCUT2D eigenvalue weighted by Crippen LogP contribution is -2.37. The van der Waals surface area contributed by atoms with E-state index in [1.54, 1.807) is 11.3 Å². The van der Waals surface area contributed by atoms with E-state index in [1.165, 1.54) is 10.4 Å². The number of aryl methyl sites for hydroxylation is 2. The van der Waals surface area contributed by atoms with Crippen molar-refractivity contribution in [2.45, 2.75) is 20.4 Å². The van der Waals surface area contributed by atoms with E-state index in [9.17, 15) is 4.21 Å². The highest BCUT2D eigenvalue weighted by Gasteiger charge is 2.18. The first-order valence-electron chi connectivity index (χ1n) is 6.54. The van der Waals surface area contributed by atoms with Crippen molar-refractivity contribution in [1.29, 1.82) is 0 Å². The molecule has 7 heteroatoms. The number of halogens is 1. The van der Waals surface area contributed by atoms with Crippen molar-refractivity contribution < 1.29 is 4.21 Å². The lowest BCUT2D eigenvalue weighted by Gasteiger charge is -2.25. The number of rotatable bonds is 2. The van der Waals surface area contributed by atoms with Crippen LogP contribution in [-0.4, -0.2) is 43.7 Å². The molecule has 3 heterocycles. The first kappa shape index (κ1) is 14.4. The Morgan fingerprint density at radius 2 is 2.00 bits per heavy atom. The van der Waals surface area contributed by atoms with Crippen molar-refractivity contribution in [2.75, 3.05) is 24.6 Å². The van der Waals surface area contributed by atoms with Crippen LogP contribution in [0.3, 0.4) is 0 Å². The molecule has 108 valence electrons. The first-order valence-corrected chi connectivity index (χ1v) is 9.22. The molecule has 0 unspecified atom stereocenters. The van der Waals surface area contributed by atoms with E-state index >= 15 is 0 Å². The summed E-state index contributed by atoms with van der Waals surface area (Å²) in [4.78, 5) is 13.5. The van der Waals surface area contributed by atoms with Crippen LogP contribution in [0.1, 0.15) is 16.3 Å². The Bertz CT molecular complexity index is 676. The fraction of sp³-hybridized carbons (Fsp3) is 0.538. The van der Waals surface area contributed by atoms with Gasteiger partial charge < -0.3 is 0 Å². The zero-order valence-corrected chi connectivity index (χ0v) is 13.9. The van der Waals surface area contributed by atoms with Gasteiger partial charge in [0.05, 0.1) is 11.9 Å². The highest BCUT2D eigenvalue weighted by Crippen LogP contribution is 2.33. The van der Waals surface area contributed by atoms with E-state index in [-0.39, 0.29) is 0 Å². The molecule has 2 aromatic rings. The number of thiophene rings is 1. The molecule has 0 bridgehead atoms. The maximum atomic E-state index is 11.4. The van der Waals surface area contributed by atoms with E-state index in [4.69, 9.17) is 11.6 Å². The second-order valence-electron chi connectivity index (χ2n) is 5.02. The molecule has 20 heavy (non-hydrogen) atoms. The average molecular weight is 330 g/mol. The predicted molar refractivity (Wildman–Crippen MR) is 85.1 cm³/mol. The molecule has 1 saturated heterocycles. The van der Waals surface area contributed by atoms with Gasteiger partial charge in [-0.25, -0.2) is 9.97 Å². The second kappa shape index (κ2) is 5.67. The third-order valence-electron chi connectivity index (χ3n) is 3.67. The zero-order chi connectivity index (χ0) is 14.3. The van der Waals surface area contributed by atoms with E-state index in [0.717, 1.165) is 40.6 Å². The lowest BCUT2D eigenvalue weighted by molar-refractivity contribution is 0.284. The molecule has 3 rings (SSSR count). The van der Waals surface area contributed by atoms with E-state index in [1.807, 2.05) is 0 Å². The van der Waals surface area contributed by atoms with E-state index in [0.29, 0.717) is 11.7 Å². The van der Waals surface area contributed by atoms with Gasteiger partial charge in [0.15, 0.2) is 0 Å². The van der Waals surface area contributed by atoms with Crippen LogP contribution in [-0.2, 0) is 17.3 Å². The van der Waals surface area contributed by atoms with Gasteiger partial charge >= 0.3 is 0 Å². The van der Waals surface area contributed by atoms with Gasteiger partial charge in [0.2, 0.25) is 0 Å². The minimum absolute atomic E-state index is 0.549. The second-order valence-corrected chi connectivity index (χ2v) is 8.28. The van der Waals surface area contributed by atoms with Gasteiger partial charge in [0.25, 0.3) is 0 Å². The molecule has 0 radical (unpaired) electrons. The highest BCUT2D eigenvalue weighted by molar-refractivity contribution is 7.85. The van der Waals surface area contributed by atoms with Crippen LogP contribution in [0.5, 0.6) is 0 Å². The monoisotopic (exact) mass is 329 g/mol. The summed E-state index contributed by atoms with van der Waals surface area (Å²) < 4.78 is 11.4. The van der Waals surface area contributed by atoms with Crippen LogP contribution >= 0.6 is 22.9 Å². The van der Waals surface area contributed by atoms with Gasteiger partial charge in [-0.15, -0.1) is 11.3 Å². The molecular formula is C13H16ClN3OS2. The molecule has 1 fully saturated rings. The van der Waals surface area contributed by atoms with Gasteiger partial charge in [-0.05, 0) is 19.4 Å². The molecule has 0 spiro atoms. The maximum Gasteiger partial charge on any atom is 0.145 e. The van der Waals surface area contributed by atoms with Crippen molar-refractivity contribution in [3.05, 3.63) is 21.4 Å². The third-order valence-corrected chi connectivity index (χ3v) is 6.32. The van der Waals surface area contributed by atoms with Gasteiger partial charge in [0, 0.05) is 40.3 Å². The Kier molecular flexibility index (Phi) is 4.08. The quantitative estimate of drug-likeness (QED) is 0.794. The SMILES string of the molecule is Cc1sc2nc(CN3CCS(=O)CC3)nc(Cl)c2c1C. The van der Waals surface area contributed by atoms with Crippen molar-refractivity contribution in [3.8, 4) is 0 Å². The number of nitrogens with zero attached hydrogens (tertiary/aromatic N) is 3. The Morgan fingerprint density at radius 1 is 1.30 bits per heavy atom. The summed E-state index contributed by atoms with van der Waals surface area (Å²) in [5, 5.41) is 1.53. The molecular weight excluding hydrogens is 314 g/mol. The highest BCUT2D eigenvalue weighted by atomic mass is 35.5. The molecule has 1 aliphatic rings. The van der Waals surface area contributed by atoms with Crippen LogP contribution in [0.25, 0.3) is 10.2 Å². The topological polar surface area (TPSA) is 46.1 Å². The van der Waals surface area contributed by atoms with E-state index < -0.39 is 10.8 Å². The van der Waals surface area contributed by atoms with Gasteiger partial charge in [-0.1, -0.05) is 11.6 Å². The zero-order valence-electron chi connectivity index (χ0n) is 11.5. The smallest absolute Gasteiger partial charge is 0.145 e. The van der Waals surface area contributed by atoms with Gasteiger partial charge in [-0.3, -0.25) is 9.11 Å². The van der Waals surface area contributed by atoms with Crippen molar-refractivity contribution in [2.24, 2.45) is 0 Å². The van der Waals surface area contributed by atoms with Gasteiger partial charge in [0.1, 0.15) is 15.8 Å². The summed E-state index contributed by atoms with van der Waals surface area (Å²) >= 11 is 7.98. The van der Waals surface area contributed by atoms with Crippen LogP contribution < -0.4 is 0 Å². The summed E-state index contributed by atoms with van der Waals surface area (Å²) in [5.74, 6) is 2.25. The summed E-state index contributed by atoms with van der Waals surface area (Å²) in [6.07, 6.45) is 0. The van der Waals surface area contributed by atoms with Crippen LogP contribution in [0.2, 0.25) is 5.15 Å². The Morgan fingerprint density at radius 3 is 2.70 bits per heavy atom. The Balaban J connectivity index is 1.87. The minimum atomic E-state index is -0.652. The summed E-state index contributed by atoms with van der Waals surface area (Å²) in [6.45, 7) is 6.51. The normalized spacial score (nSPS) is 17.9. The summed E-state index contributed by atoms with van der Waals surface area (Å²) in [5.41, 5.74) is 1.18. The summed E-state index contributed by atoms with van der Waals surface area (Å²) in [7, 11) is -0.652. The number of fused-ring (bicyclic) bond motifs is 1. The minimum Gasteiger partial charge on any atom is -0.294 e. The predicted octanol–water partition coefficient (Wildman–Crippen LogP) is 2.53. The lowest BCUT2D eigenvalue weighted by atomic mass is 10.2. The first-order chi connectivity index (χ1) is 9.54. The fourth-order valence-electron chi connectivity index (χ4n) is 2.35. The third kappa shape index (κ3) is 2.74. The van der Waals surface area contributed by atoms with Crippen LogP contribution in [0, 0.1) is 13.8 Å². The summed E-state index contributed by atoms with van der Waals surface area (Å²) in [6, 6.07) is 0. The standard InChI is InChI=1S/C13H16ClN3OS2/c1-8-9(2)19-13-11(8)12(14)15-10(16-13)7-17-3-5-20(18)6-4-17/h3-7H2,1-2H3. The van der Waals surface area contributed by atoms with Crippen molar-refractivity contribution in [3.63, 3.8) is 0 Å². The van der Waals surface area contributed by atoms with Gasteiger partial charge in [-0.2, -0.15) is 0 Å². The van der Waals surface area contributed by atoms with Crippen LogP contribution in [0.15, 0.2) is 0 Å². The molecule has 0 saturated carbocycles. The molecule has 4 nitrogen and oxygen atoms in total. The molecule has 2 aromatic heterocycles. The number of hydrogen-bond donors (Lipinski definition) is 0. The molecule has 0 aromatic carbocycles. The Labute approximate surface area is 129 Å². The molecule has 0 atom stereocenters. The number of hydrogen-bond acceptors (Lipinski definition) is 5.